The number of halogens is 1. The van der Waals surface area contributed by atoms with Gasteiger partial charge in [-0.1, -0.05) is 26.0 Å². The van der Waals surface area contributed by atoms with E-state index in [0.717, 1.165) is 25.2 Å². The zero-order valence-electron chi connectivity index (χ0n) is 15.2. The van der Waals surface area contributed by atoms with Gasteiger partial charge in [0, 0.05) is 25.7 Å². The van der Waals surface area contributed by atoms with Crippen LogP contribution < -0.4 is 0 Å². The standard InChI is InChI=1S/C19H27FN2O3/c1-4-21(5-2)14-15-22(13-12-19(24)25-3)18(23)11-8-16-6-9-17(20)10-7-16/h6-11H,4-5,12-15H2,1-3H3/b11-8+. The quantitative estimate of drug-likeness (QED) is 0.481. The summed E-state index contributed by atoms with van der Waals surface area (Å²) in [5, 5.41) is 0. The van der Waals surface area contributed by atoms with E-state index in [4.69, 9.17) is 0 Å². The third-order valence-electron chi connectivity index (χ3n) is 3.99. The van der Waals surface area contributed by atoms with Gasteiger partial charge in [-0.15, -0.1) is 0 Å². The second kappa shape index (κ2) is 11.4. The number of amides is 1. The monoisotopic (exact) mass is 350 g/mol. The molecule has 0 radical (unpaired) electrons. The highest BCUT2D eigenvalue weighted by atomic mass is 19.1. The van der Waals surface area contributed by atoms with E-state index in [1.165, 1.54) is 25.3 Å². The number of hydrogen-bond donors (Lipinski definition) is 0. The normalized spacial score (nSPS) is 11.1. The van der Waals surface area contributed by atoms with E-state index in [9.17, 15) is 14.0 Å². The second-order valence-corrected chi connectivity index (χ2v) is 5.56. The van der Waals surface area contributed by atoms with Crippen molar-refractivity contribution in [3.63, 3.8) is 0 Å². The highest BCUT2D eigenvalue weighted by molar-refractivity contribution is 5.92. The molecule has 1 amide bonds. The van der Waals surface area contributed by atoms with Crippen molar-refractivity contribution >= 4 is 18.0 Å². The topological polar surface area (TPSA) is 49.9 Å². The molecule has 1 aromatic carbocycles. The van der Waals surface area contributed by atoms with Gasteiger partial charge < -0.3 is 14.5 Å². The van der Waals surface area contributed by atoms with Crippen molar-refractivity contribution in [2.24, 2.45) is 0 Å². The Balaban J connectivity index is 2.72. The Morgan fingerprint density at radius 2 is 1.72 bits per heavy atom. The largest absolute Gasteiger partial charge is 0.469 e. The number of nitrogens with zero attached hydrogens (tertiary/aromatic N) is 2. The molecule has 0 aromatic heterocycles. The molecule has 6 heteroatoms. The minimum absolute atomic E-state index is 0.158. The minimum atomic E-state index is -0.344. The summed E-state index contributed by atoms with van der Waals surface area (Å²) in [6.07, 6.45) is 3.25. The Hall–Kier alpha value is -2.21. The summed E-state index contributed by atoms with van der Waals surface area (Å²) in [5.74, 6) is -0.842. The Morgan fingerprint density at radius 1 is 1.08 bits per heavy atom. The Bertz CT molecular complexity index is 569. The molecule has 0 aliphatic rings. The van der Waals surface area contributed by atoms with Crippen molar-refractivity contribution in [3.8, 4) is 0 Å². The summed E-state index contributed by atoms with van der Waals surface area (Å²) in [6, 6.07) is 5.90. The fraction of sp³-hybridized carbons (Fsp3) is 0.474. The number of hydrogen-bond acceptors (Lipinski definition) is 4. The first kappa shape index (κ1) is 20.8. The molecule has 0 atom stereocenters. The van der Waals surface area contributed by atoms with E-state index < -0.39 is 0 Å². The molecule has 0 fully saturated rings. The van der Waals surface area contributed by atoms with Gasteiger partial charge >= 0.3 is 5.97 Å². The maximum atomic E-state index is 12.9. The van der Waals surface area contributed by atoms with Gasteiger partial charge in [0.1, 0.15) is 5.82 Å². The van der Waals surface area contributed by atoms with Crippen molar-refractivity contribution in [1.29, 1.82) is 0 Å². The highest BCUT2D eigenvalue weighted by Gasteiger charge is 2.14. The van der Waals surface area contributed by atoms with Crippen LogP contribution in [-0.4, -0.2) is 61.5 Å². The van der Waals surface area contributed by atoms with Crippen molar-refractivity contribution in [2.45, 2.75) is 20.3 Å². The summed E-state index contributed by atoms with van der Waals surface area (Å²) < 4.78 is 17.6. The average molecular weight is 350 g/mol. The predicted molar refractivity (Wildman–Crippen MR) is 96.4 cm³/mol. The van der Waals surface area contributed by atoms with Gasteiger partial charge in [0.05, 0.1) is 13.5 Å². The number of esters is 1. The first-order valence-corrected chi connectivity index (χ1v) is 8.51. The maximum absolute atomic E-state index is 12.9. The Morgan fingerprint density at radius 3 is 2.28 bits per heavy atom. The van der Waals surface area contributed by atoms with E-state index in [2.05, 4.69) is 23.5 Å². The molecule has 0 aliphatic heterocycles. The van der Waals surface area contributed by atoms with Gasteiger partial charge in [0.2, 0.25) is 5.91 Å². The fourth-order valence-electron chi connectivity index (χ4n) is 2.31. The van der Waals surface area contributed by atoms with Gasteiger partial charge in [-0.05, 0) is 36.9 Å². The molecule has 25 heavy (non-hydrogen) atoms. The smallest absolute Gasteiger partial charge is 0.307 e. The molecule has 0 N–H and O–H groups in total. The summed E-state index contributed by atoms with van der Waals surface area (Å²) in [4.78, 5) is 27.7. The van der Waals surface area contributed by atoms with E-state index >= 15 is 0 Å². The lowest BCUT2D eigenvalue weighted by atomic mass is 10.2. The molecule has 0 heterocycles. The first-order chi connectivity index (χ1) is 12.0. The SMILES string of the molecule is CCN(CC)CCN(CCC(=O)OC)C(=O)/C=C/c1ccc(F)cc1. The molecule has 1 rings (SSSR count). The van der Waals surface area contributed by atoms with Crippen LogP contribution in [0.2, 0.25) is 0 Å². The van der Waals surface area contributed by atoms with E-state index in [1.807, 2.05) is 0 Å². The number of benzene rings is 1. The molecular weight excluding hydrogens is 323 g/mol. The van der Waals surface area contributed by atoms with E-state index in [0.29, 0.717) is 13.1 Å². The van der Waals surface area contributed by atoms with E-state index in [1.54, 1.807) is 23.1 Å². The molecule has 0 aliphatic carbocycles. The molecule has 0 bridgehead atoms. The summed E-state index contributed by atoms with van der Waals surface area (Å²) in [6.45, 7) is 7.52. The van der Waals surface area contributed by atoms with Crippen LogP contribution in [0.25, 0.3) is 6.08 Å². The first-order valence-electron chi connectivity index (χ1n) is 8.51. The number of likely N-dealkylation sites (N-methyl/N-ethyl adjacent to an activating group) is 1. The lowest BCUT2D eigenvalue weighted by Gasteiger charge is -2.25. The fourth-order valence-corrected chi connectivity index (χ4v) is 2.31. The summed E-state index contributed by atoms with van der Waals surface area (Å²) in [5.41, 5.74) is 0.742. The number of rotatable bonds is 10. The Kier molecular flexibility index (Phi) is 9.47. The molecule has 0 saturated carbocycles. The lowest BCUT2D eigenvalue weighted by molar-refractivity contribution is -0.141. The van der Waals surface area contributed by atoms with Crippen LogP contribution in [0.4, 0.5) is 4.39 Å². The number of methoxy groups -OCH3 is 1. The number of carbonyl (C=O) groups excluding carboxylic acids is 2. The minimum Gasteiger partial charge on any atom is -0.469 e. The van der Waals surface area contributed by atoms with Gasteiger partial charge in [-0.25, -0.2) is 4.39 Å². The third kappa shape index (κ3) is 7.94. The highest BCUT2D eigenvalue weighted by Crippen LogP contribution is 2.06. The van der Waals surface area contributed by atoms with E-state index in [-0.39, 0.29) is 24.1 Å². The molecule has 138 valence electrons. The van der Waals surface area contributed by atoms with Crippen molar-refractivity contribution < 1.29 is 18.7 Å². The Labute approximate surface area is 149 Å². The van der Waals surface area contributed by atoms with Crippen LogP contribution >= 0.6 is 0 Å². The summed E-state index contributed by atoms with van der Waals surface area (Å²) >= 11 is 0. The summed E-state index contributed by atoms with van der Waals surface area (Å²) in [7, 11) is 1.33. The molecule has 1 aromatic rings. The van der Waals surface area contributed by atoms with Gasteiger partial charge in [0.15, 0.2) is 0 Å². The van der Waals surface area contributed by atoms with Crippen molar-refractivity contribution in [3.05, 3.63) is 41.7 Å². The molecular formula is C19H27FN2O3. The zero-order chi connectivity index (χ0) is 18.7. The molecule has 0 saturated heterocycles. The van der Waals surface area contributed by atoms with Crippen LogP contribution in [-0.2, 0) is 14.3 Å². The third-order valence-corrected chi connectivity index (χ3v) is 3.99. The predicted octanol–water partition coefficient (Wildman–Crippen LogP) is 2.57. The van der Waals surface area contributed by atoms with Gasteiger partial charge in [-0.3, -0.25) is 9.59 Å². The van der Waals surface area contributed by atoms with Crippen LogP contribution in [0.5, 0.6) is 0 Å². The zero-order valence-corrected chi connectivity index (χ0v) is 15.2. The number of ether oxygens (including phenoxy) is 1. The lowest BCUT2D eigenvalue weighted by Crippen LogP contribution is -2.39. The van der Waals surface area contributed by atoms with Crippen LogP contribution in [0.3, 0.4) is 0 Å². The van der Waals surface area contributed by atoms with Crippen molar-refractivity contribution in [2.75, 3.05) is 39.8 Å². The van der Waals surface area contributed by atoms with Crippen molar-refractivity contribution in [1.82, 2.24) is 9.80 Å². The molecule has 0 spiro atoms. The van der Waals surface area contributed by atoms with Crippen LogP contribution in [0, 0.1) is 5.82 Å². The van der Waals surface area contributed by atoms with Crippen LogP contribution in [0.1, 0.15) is 25.8 Å². The maximum Gasteiger partial charge on any atom is 0.307 e. The molecule has 5 nitrogen and oxygen atoms in total. The number of carbonyl (C=O) groups is 2. The van der Waals surface area contributed by atoms with Gasteiger partial charge in [-0.2, -0.15) is 0 Å². The van der Waals surface area contributed by atoms with Gasteiger partial charge in [0.25, 0.3) is 0 Å². The molecule has 0 unspecified atom stereocenters. The average Bonchev–Trinajstić information content (AvgIpc) is 2.63. The second-order valence-electron chi connectivity index (χ2n) is 5.56. The van der Waals surface area contributed by atoms with Crippen LogP contribution in [0.15, 0.2) is 30.3 Å².